The van der Waals surface area contributed by atoms with E-state index < -0.39 is 0 Å². The highest BCUT2D eigenvalue weighted by Crippen LogP contribution is 2.40. The maximum absolute atomic E-state index is 13.8. The molecule has 0 unspecified atom stereocenters. The number of carbonyl (C=O) groups is 1. The van der Waals surface area contributed by atoms with E-state index in [1.54, 1.807) is 11.0 Å². The van der Waals surface area contributed by atoms with E-state index in [9.17, 15) is 9.59 Å². The predicted molar refractivity (Wildman–Crippen MR) is 140 cm³/mol. The van der Waals surface area contributed by atoms with Gasteiger partial charge in [0.1, 0.15) is 5.82 Å². The van der Waals surface area contributed by atoms with E-state index in [1.165, 1.54) is 11.3 Å². The largest absolute Gasteiger partial charge is 0.378 e. The molecule has 0 atom stereocenters. The SMILES string of the molecule is CC(C)N(Cc1nc2ccccc2c(=O)[nH]1)C(=O)c1cc(-c2ccccc2)c(N2CCOCC2)s1. The van der Waals surface area contributed by atoms with Crippen LogP contribution in [-0.4, -0.2) is 53.1 Å². The summed E-state index contributed by atoms with van der Waals surface area (Å²) in [7, 11) is 0. The summed E-state index contributed by atoms with van der Waals surface area (Å²) in [5.74, 6) is 0.404. The van der Waals surface area contributed by atoms with Crippen molar-refractivity contribution < 1.29 is 9.53 Å². The summed E-state index contributed by atoms with van der Waals surface area (Å²) < 4.78 is 5.55. The maximum Gasteiger partial charge on any atom is 0.264 e. The second kappa shape index (κ2) is 10.0. The number of morpholine rings is 1. The Hall–Kier alpha value is -3.49. The molecule has 4 aromatic rings. The summed E-state index contributed by atoms with van der Waals surface area (Å²) in [4.78, 5) is 38.5. The molecule has 1 aliphatic rings. The molecule has 1 amide bonds. The first-order chi connectivity index (χ1) is 17.0. The zero-order valence-electron chi connectivity index (χ0n) is 19.9. The second-order valence-electron chi connectivity index (χ2n) is 8.85. The molecule has 3 heterocycles. The number of carbonyl (C=O) groups excluding carboxylic acids is 1. The summed E-state index contributed by atoms with van der Waals surface area (Å²) in [5.41, 5.74) is 2.57. The lowest BCUT2D eigenvalue weighted by atomic mass is 10.1. The van der Waals surface area contributed by atoms with E-state index in [0.29, 0.717) is 34.8 Å². The van der Waals surface area contributed by atoms with E-state index in [0.717, 1.165) is 29.2 Å². The summed E-state index contributed by atoms with van der Waals surface area (Å²) in [6.07, 6.45) is 0. The quantitative estimate of drug-likeness (QED) is 0.431. The van der Waals surface area contributed by atoms with Crippen molar-refractivity contribution in [2.75, 3.05) is 31.2 Å². The first kappa shape index (κ1) is 23.3. The maximum atomic E-state index is 13.8. The molecule has 7 nitrogen and oxygen atoms in total. The van der Waals surface area contributed by atoms with Crippen molar-refractivity contribution >= 4 is 33.1 Å². The average molecular weight is 489 g/mol. The van der Waals surface area contributed by atoms with Gasteiger partial charge in [0, 0.05) is 24.7 Å². The van der Waals surface area contributed by atoms with Crippen LogP contribution in [0.5, 0.6) is 0 Å². The topological polar surface area (TPSA) is 78.5 Å². The molecule has 1 aliphatic heterocycles. The molecule has 1 fully saturated rings. The Kier molecular flexibility index (Phi) is 6.66. The highest BCUT2D eigenvalue weighted by Gasteiger charge is 2.26. The predicted octanol–water partition coefficient (Wildman–Crippen LogP) is 4.54. The minimum atomic E-state index is -0.196. The molecule has 2 aromatic carbocycles. The Morgan fingerprint density at radius 2 is 1.83 bits per heavy atom. The Bertz CT molecular complexity index is 1390. The fourth-order valence-corrected chi connectivity index (χ4v) is 5.50. The van der Waals surface area contributed by atoms with E-state index >= 15 is 0 Å². The van der Waals surface area contributed by atoms with Gasteiger partial charge >= 0.3 is 0 Å². The van der Waals surface area contributed by atoms with Gasteiger partial charge in [0.15, 0.2) is 0 Å². The molecule has 0 aliphatic carbocycles. The summed E-state index contributed by atoms with van der Waals surface area (Å²) in [5, 5.41) is 1.63. The second-order valence-corrected chi connectivity index (χ2v) is 9.88. The van der Waals surface area contributed by atoms with E-state index in [1.807, 2.05) is 56.3 Å². The minimum absolute atomic E-state index is 0.0718. The number of nitrogens with one attached hydrogen (secondary N) is 1. The third-order valence-corrected chi connectivity index (χ3v) is 7.36. The van der Waals surface area contributed by atoms with Gasteiger partial charge in [0.25, 0.3) is 11.5 Å². The number of para-hydroxylation sites is 1. The molecule has 0 radical (unpaired) electrons. The minimum Gasteiger partial charge on any atom is -0.378 e. The van der Waals surface area contributed by atoms with Crippen molar-refractivity contribution in [1.29, 1.82) is 0 Å². The number of anilines is 1. The molecule has 8 heteroatoms. The molecule has 2 aromatic heterocycles. The van der Waals surface area contributed by atoms with Crippen LogP contribution in [0.1, 0.15) is 29.3 Å². The number of H-pyrrole nitrogens is 1. The number of aromatic nitrogens is 2. The average Bonchev–Trinajstić information content (AvgIpc) is 3.33. The fourth-order valence-electron chi connectivity index (χ4n) is 4.31. The summed E-state index contributed by atoms with van der Waals surface area (Å²) >= 11 is 1.52. The highest BCUT2D eigenvalue weighted by molar-refractivity contribution is 7.18. The molecule has 35 heavy (non-hydrogen) atoms. The highest BCUT2D eigenvalue weighted by atomic mass is 32.1. The van der Waals surface area contributed by atoms with Crippen molar-refractivity contribution in [3.8, 4) is 11.1 Å². The van der Waals surface area contributed by atoms with Crippen molar-refractivity contribution in [3.05, 3.63) is 81.7 Å². The number of ether oxygens (including phenoxy) is 1. The number of fused-ring (bicyclic) bond motifs is 1. The lowest BCUT2D eigenvalue weighted by Gasteiger charge is -2.28. The third-order valence-electron chi connectivity index (χ3n) is 6.17. The monoisotopic (exact) mass is 488 g/mol. The van der Waals surface area contributed by atoms with Crippen LogP contribution in [0, 0.1) is 0 Å². The molecular weight excluding hydrogens is 460 g/mol. The van der Waals surface area contributed by atoms with E-state index in [4.69, 9.17) is 4.74 Å². The van der Waals surface area contributed by atoms with Crippen LogP contribution >= 0.6 is 11.3 Å². The van der Waals surface area contributed by atoms with Crippen molar-refractivity contribution in [2.45, 2.75) is 26.4 Å². The van der Waals surface area contributed by atoms with Gasteiger partial charge in [0.05, 0.1) is 40.5 Å². The smallest absolute Gasteiger partial charge is 0.264 e. The number of thiophene rings is 1. The molecule has 0 bridgehead atoms. The molecule has 5 rings (SSSR count). The zero-order chi connectivity index (χ0) is 24.4. The van der Waals surface area contributed by atoms with Crippen LogP contribution in [0.4, 0.5) is 5.00 Å². The first-order valence-electron chi connectivity index (χ1n) is 11.8. The van der Waals surface area contributed by atoms with Gasteiger partial charge in [-0.15, -0.1) is 11.3 Å². The van der Waals surface area contributed by atoms with Gasteiger partial charge in [-0.3, -0.25) is 9.59 Å². The number of rotatable bonds is 6. The van der Waals surface area contributed by atoms with Gasteiger partial charge < -0.3 is 19.5 Å². The Morgan fingerprint density at radius 3 is 2.57 bits per heavy atom. The lowest BCUT2D eigenvalue weighted by molar-refractivity contribution is 0.0690. The van der Waals surface area contributed by atoms with Crippen LogP contribution in [0.15, 0.2) is 65.5 Å². The number of nitrogens with zero attached hydrogens (tertiary/aromatic N) is 3. The number of benzene rings is 2. The molecule has 0 saturated carbocycles. The van der Waals surface area contributed by atoms with E-state index in [2.05, 4.69) is 27.0 Å². The zero-order valence-corrected chi connectivity index (χ0v) is 20.7. The van der Waals surface area contributed by atoms with Gasteiger partial charge in [0.2, 0.25) is 0 Å². The number of amides is 1. The normalized spacial score (nSPS) is 14.0. The molecule has 180 valence electrons. The molecular formula is C27H28N4O3S. The molecule has 0 spiro atoms. The number of hydrogen-bond acceptors (Lipinski definition) is 6. The van der Waals surface area contributed by atoms with Crippen molar-refractivity contribution in [1.82, 2.24) is 14.9 Å². The van der Waals surface area contributed by atoms with E-state index in [-0.39, 0.29) is 24.1 Å². The van der Waals surface area contributed by atoms with Gasteiger partial charge in [-0.2, -0.15) is 0 Å². The summed E-state index contributed by atoms with van der Waals surface area (Å²) in [6.45, 7) is 7.12. The van der Waals surface area contributed by atoms with Gasteiger partial charge in [-0.1, -0.05) is 42.5 Å². The van der Waals surface area contributed by atoms with Crippen LogP contribution in [0.25, 0.3) is 22.0 Å². The molecule has 1 N–H and O–H groups in total. The van der Waals surface area contributed by atoms with Crippen molar-refractivity contribution in [2.24, 2.45) is 0 Å². The summed E-state index contributed by atoms with van der Waals surface area (Å²) in [6, 6.07) is 19.3. The van der Waals surface area contributed by atoms with Crippen LogP contribution in [0.3, 0.4) is 0 Å². The van der Waals surface area contributed by atoms with Gasteiger partial charge in [-0.25, -0.2) is 4.98 Å². The fraction of sp³-hybridized carbons (Fsp3) is 0.296. The Balaban J connectivity index is 1.50. The third kappa shape index (κ3) is 4.85. The van der Waals surface area contributed by atoms with Crippen LogP contribution in [-0.2, 0) is 11.3 Å². The number of hydrogen-bond donors (Lipinski definition) is 1. The first-order valence-corrected chi connectivity index (χ1v) is 12.6. The van der Waals surface area contributed by atoms with Gasteiger partial charge in [-0.05, 0) is 37.6 Å². The Labute approximate surface area is 208 Å². The lowest BCUT2D eigenvalue weighted by Crippen LogP contribution is -2.37. The van der Waals surface area contributed by atoms with Crippen LogP contribution < -0.4 is 10.5 Å². The molecule has 1 saturated heterocycles. The standard InChI is InChI=1S/C27H28N4O3S/c1-18(2)31(17-24-28-22-11-7-6-10-20(22)25(32)29-24)26(33)23-16-21(19-8-4-3-5-9-19)27(35-23)30-12-14-34-15-13-30/h3-11,16,18H,12-15,17H2,1-2H3,(H,28,29,32). The Morgan fingerprint density at radius 1 is 1.11 bits per heavy atom. The number of aromatic amines is 1. The van der Waals surface area contributed by atoms with Crippen LogP contribution in [0.2, 0.25) is 0 Å². The van der Waals surface area contributed by atoms with Crippen molar-refractivity contribution in [3.63, 3.8) is 0 Å².